The Morgan fingerprint density at radius 1 is 0.938 bits per heavy atom. The van der Waals surface area contributed by atoms with Gasteiger partial charge in [0.1, 0.15) is 0 Å². The van der Waals surface area contributed by atoms with Gasteiger partial charge in [-0.2, -0.15) is 0 Å². The number of hydrogen-bond donors (Lipinski definition) is 1. The van der Waals surface area contributed by atoms with Gasteiger partial charge in [-0.3, -0.25) is 0 Å². The zero-order valence-electron chi connectivity index (χ0n) is 9.37. The minimum Gasteiger partial charge on any atom is -0.453 e. The Morgan fingerprint density at radius 3 is 2.56 bits per heavy atom. The normalized spacial score (nSPS) is 12.1. The van der Waals surface area contributed by atoms with Gasteiger partial charge in [-0.15, -0.1) is 0 Å². The summed E-state index contributed by atoms with van der Waals surface area (Å²) in [4.78, 5) is 0. The lowest BCUT2D eigenvalue weighted by Crippen LogP contribution is -2.05. The Bertz CT molecular complexity index is 509. The predicted molar refractivity (Wildman–Crippen MR) is 65.7 cm³/mol. The van der Waals surface area contributed by atoms with Crippen LogP contribution in [0.3, 0.4) is 0 Å². The van der Waals surface area contributed by atoms with Crippen molar-refractivity contribution in [2.75, 3.05) is 5.32 Å². The first-order valence-corrected chi connectivity index (χ1v) is 5.40. The van der Waals surface area contributed by atoms with Crippen molar-refractivity contribution in [2.24, 2.45) is 0 Å². The molecule has 1 aliphatic rings. The van der Waals surface area contributed by atoms with E-state index in [1.807, 2.05) is 24.3 Å². The number of para-hydroxylation sites is 2. The van der Waals surface area contributed by atoms with E-state index in [1.54, 1.807) is 0 Å². The summed E-state index contributed by atoms with van der Waals surface area (Å²) in [7, 11) is 0. The van der Waals surface area contributed by atoms with E-state index in [0.717, 1.165) is 28.4 Å². The summed E-state index contributed by atoms with van der Waals surface area (Å²) in [6.45, 7) is 4.14. The van der Waals surface area contributed by atoms with Gasteiger partial charge < -0.3 is 10.1 Å². The SMILES string of the molecule is Cc1cccc2c1Nc1cccc(C)c1O2. The third kappa shape index (κ3) is 1.27. The summed E-state index contributed by atoms with van der Waals surface area (Å²) in [5.41, 5.74) is 4.46. The van der Waals surface area contributed by atoms with E-state index in [0.29, 0.717) is 0 Å². The molecule has 0 saturated carbocycles. The van der Waals surface area contributed by atoms with Crippen LogP contribution >= 0.6 is 0 Å². The van der Waals surface area contributed by atoms with Crippen LogP contribution in [-0.2, 0) is 0 Å². The van der Waals surface area contributed by atoms with Gasteiger partial charge in [-0.25, -0.2) is 0 Å². The number of hydrogen-bond acceptors (Lipinski definition) is 2. The molecule has 0 saturated heterocycles. The zero-order chi connectivity index (χ0) is 11.1. The number of fused-ring (bicyclic) bond motifs is 2. The molecule has 2 heteroatoms. The number of anilines is 2. The van der Waals surface area contributed by atoms with E-state index in [1.165, 1.54) is 5.56 Å². The van der Waals surface area contributed by atoms with Crippen LogP contribution in [0.5, 0.6) is 11.5 Å². The van der Waals surface area contributed by atoms with Gasteiger partial charge in [0.2, 0.25) is 0 Å². The van der Waals surface area contributed by atoms with E-state index in [4.69, 9.17) is 4.74 Å². The van der Waals surface area contributed by atoms with Crippen LogP contribution in [-0.4, -0.2) is 0 Å². The maximum absolute atomic E-state index is 5.93. The molecule has 0 atom stereocenters. The number of ether oxygens (including phenoxy) is 1. The van der Waals surface area contributed by atoms with Crippen molar-refractivity contribution < 1.29 is 4.74 Å². The van der Waals surface area contributed by atoms with E-state index in [-0.39, 0.29) is 0 Å². The highest BCUT2D eigenvalue weighted by Crippen LogP contribution is 2.44. The zero-order valence-corrected chi connectivity index (χ0v) is 9.37. The van der Waals surface area contributed by atoms with Crippen LogP contribution in [0, 0.1) is 13.8 Å². The molecule has 0 aromatic heterocycles. The first kappa shape index (κ1) is 9.28. The van der Waals surface area contributed by atoms with Gasteiger partial charge >= 0.3 is 0 Å². The largest absolute Gasteiger partial charge is 0.453 e. The average molecular weight is 211 g/mol. The van der Waals surface area contributed by atoms with Crippen LogP contribution in [0.2, 0.25) is 0 Å². The molecule has 0 amide bonds. The molecule has 80 valence electrons. The Kier molecular flexibility index (Phi) is 1.90. The highest BCUT2D eigenvalue weighted by atomic mass is 16.5. The van der Waals surface area contributed by atoms with E-state index in [9.17, 15) is 0 Å². The molecule has 0 unspecified atom stereocenters. The van der Waals surface area contributed by atoms with Gasteiger partial charge in [0.25, 0.3) is 0 Å². The van der Waals surface area contributed by atoms with Gasteiger partial charge in [0, 0.05) is 0 Å². The first-order valence-electron chi connectivity index (χ1n) is 5.40. The van der Waals surface area contributed by atoms with E-state index in [2.05, 4.69) is 31.3 Å². The molecule has 0 bridgehead atoms. The summed E-state index contributed by atoms with van der Waals surface area (Å²) in [6.07, 6.45) is 0. The second-order valence-corrected chi connectivity index (χ2v) is 4.13. The molecule has 16 heavy (non-hydrogen) atoms. The molecule has 0 aliphatic carbocycles. The van der Waals surface area contributed by atoms with Crippen molar-refractivity contribution in [1.82, 2.24) is 0 Å². The lowest BCUT2D eigenvalue weighted by molar-refractivity contribution is 0.477. The Labute approximate surface area is 94.9 Å². The van der Waals surface area contributed by atoms with Gasteiger partial charge in [0.05, 0.1) is 11.4 Å². The van der Waals surface area contributed by atoms with Crippen molar-refractivity contribution in [1.29, 1.82) is 0 Å². The van der Waals surface area contributed by atoms with E-state index >= 15 is 0 Å². The summed E-state index contributed by atoms with van der Waals surface area (Å²) in [5.74, 6) is 1.84. The molecule has 1 N–H and O–H groups in total. The highest BCUT2D eigenvalue weighted by Gasteiger charge is 2.18. The van der Waals surface area contributed by atoms with Gasteiger partial charge in [0.15, 0.2) is 11.5 Å². The maximum Gasteiger partial charge on any atom is 0.153 e. The summed E-state index contributed by atoms with van der Waals surface area (Å²) in [5, 5.41) is 3.42. The standard InChI is InChI=1S/C14H13NO/c1-9-5-4-8-12-13(9)15-11-7-3-6-10(2)14(11)16-12/h3-8,15H,1-2H3. The molecule has 0 radical (unpaired) electrons. The molecule has 2 nitrogen and oxygen atoms in total. The summed E-state index contributed by atoms with van der Waals surface area (Å²) < 4.78 is 5.93. The van der Waals surface area contributed by atoms with Gasteiger partial charge in [-0.1, -0.05) is 24.3 Å². The van der Waals surface area contributed by atoms with Crippen LogP contribution in [0.4, 0.5) is 11.4 Å². The maximum atomic E-state index is 5.93. The number of nitrogens with one attached hydrogen (secondary N) is 1. The Hall–Kier alpha value is -1.96. The fraction of sp³-hybridized carbons (Fsp3) is 0.143. The molecule has 2 aromatic rings. The topological polar surface area (TPSA) is 21.3 Å². The van der Waals surface area contributed by atoms with Crippen molar-refractivity contribution in [2.45, 2.75) is 13.8 Å². The van der Waals surface area contributed by atoms with Crippen molar-refractivity contribution >= 4 is 11.4 Å². The quantitative estimate of drug-likeness (QED) is 0.603. The summed E-state index contributed by atoms with van der Waals surface area (Å²) >= 11 is 0. The molecule has 3 rings (SSSR count). The third-order valence-electron chi connectivity index (χ3n) is 2.92. The highest BCUT2D eigenvalue weighted by molar-refractivity contribution is 5.78. The van der Waals surface area contributed by atoms with E-state index < -0.39 is 0 Å². The Morgan fingerprint density at radius 2 is 1.69 bits per heavy atom. The molecule has 1 heterocycles. The minimum atomic E-state index is 0.904. The molecule has 2 aromatic carbocycles. The lowest BCUT2D eigenvalue weighted by atomic mass is 10.1. The predicted octanol–water partition coefficient (Wildman–Crippen LogP) is 4.15. The number of rotatable bonds is 0. The summed E-state index contributed by atoms with van der Waals surface area (Å²) in [6, 6.07) is 12.2. The Balaban J connectivity index is 2.17. The monoisotopic (exact) mass is 211 g/mol. The smallest absolute Gasteiger partial charge is 0.153 e. The van der Waals surface area contributed by atoms with Gasteiger partial charge in [-0.05, 0) is 37.1 Å². The van der Waals surface area contributed by atoms with Crippen molar-refractivity contribution in [3.63, 3.8) is 0 Å². The molecule has 1 aliphatic heterocycles. The van der Waals surface area contributed by atoms with Crippen LogP contribution in [0.25, 0.3) is 0 Å². The second-order valence-electron chi connectivity index (χ2n) is 4.13. The second kappa shape index (κ2) is 3.27. The van der Waals surface area contributed by atoms with Crippen molar-refractivity contribution in [3.05, 3.63) is 47.5 Å². The van der Waals surface area contributed by atoms with Crippen LogP contribution < -0.4 is 10.1 Å². The fourth-order valence-electron chi connectivity index (χ4n) is 2.02. The molecule has 0 fully saturated rings. The molecular formula is C14H13NO. The number of benzene rings is 2. The van der Waals surface area contributed by atoms with Crippen molar-refractivity contribution in [3.8, 4) is 11.5 Å². The molecule has 0 spiro atoms. The number of aryl methyl sites for hydroxylation is 2. The first-order chi connectivity index (χ1) is 7.75. The van der Waals surface area contributed by atoms with Crippen LogP contribution in [0.15, 0.2) is 36.4 Å². The third-order valence-corrected chi connectivity index (χ3v) is 2.92. The lowest BCUT2D eigenvalue weighted by Gasteiger charge is -2.24. The minimum absolute atomic E-state index is 0.904. The van der Waals surface area contributed by atoms with Crippen LogP contribution in [0.1, 0.15) is 11.1 Å². The average Bonchev–Trinajstić information content (AvgIpc) is 2.29. The molecular weight excluding hydrogens is 198 g/mol. The fourth-order valence-corrected chi connectivity index (χ4v) is 2.02.